The molecule has 2 aliphatic rings. The Hall–Kier alpha value is -2.42. The van der Waals surface area contributed by atoms with E-state index in [0.29, 0.717) is 5.56 Å². The zero-order chi connectivity index (χ0) is 20.1. The number of nitrogens with one attached hydrogen (secondary N) is 2. The van der Waals surface area contributed by atoms with Crippen LogP contribution in [0.1, 0.15) is 51.0 Å². The lowest BCUT2D eigenvalue weighted by Gasteiger charge is -2.24. The van der Waals surface area contributed by atoms with Crippen molar-refractivity contribution in [2.45, 2.75) is 62.5 Å². The first kappa shape index (κ1) is 20.3. The number of hydrogen-bond donors (Lipinski definition) is 2. The molecule has 1 aliphatic carbocycles. The summed E-state index contributed by atoms with van der Waals surface area (Å²) in [5.74, 6) is -0.625. The van der Waals surface area contributed by atoms with E-state index in [9.17, 15) is 18.0 Å². The van der Waals surface area contributed by atoms with Gasteiger partial charge in [0.2, 0.25) is 0 Å². The van der Waals surface area contributed by atoms with Gasteiger partial charge in [0.1, 0.15) is 5.84 Å². The van der Waals surface area contributed by atoms with Gasteiger partial charge in [0.05, 0.1) is 17.9 Å². The van der Waals surface area contributed by atoms with E-state index in [2.05, 4.69) is 15.0 Å². The number of esters is 1. The van der Waals surface area contributed by atoms with Gasteiger partial charge in [-0.15, -0.1) is 0 Å². The maximum Gasteiger partial charge on any atom is 0.308 e. The van der Waals surface area contributed by atoms with Gasteiger partial charge in [-0.1, -0.05) is 31.4 Å². The Balaban J connectivity index is 1.48. The normalized spacial score (nSPS) is 20.8. The Morgan fingerprint density at radius 3 is 2.71 bits per heavy atom. The molecule has 0 radical (unpaired) electrons. The van der Waals surface area contributed by atoms with Gasteiger partial charge >= 0.3 is 5.97 Å². The minimum atomic E-state index is -3.60. The van der Waals surface area contributed by atoms with Crippen molar-refractivity contribution >= 4 is 27.7 Å². The van der Waals surface area contributed by atoms with E-state index in [1.807, 2.05) is 0 Å². The molecule has 1 atom stereocenters. The molecule has 0 bridgehead atoms. The molecule has 0 aromatic heterocycles. The lowest BCUT2D eigenvalue weighted by molar-refractivity contribution is -0.154. The number of amides is 1. The average Bonchev–Trinajstić information content (AvgIpc) is 2.93. The first-order chi connectivity index (χ1) is 13.4. The fraction of sp³-hybridized carbons (Fsp3) is 0.526. The van der Waals surface area contributed by atoms with Crippen molar-refractivity contribution in [1.82, 2.24) is 10.0 Å². The first-order valence-electron chi connectivity index (χ1n) is 9.53. The van der Waals surface area contributed by atoms with Crippen molar-refractivity contribution in [2.75, 3.05) is 6.54 Å². The van der Waals surface area contributed by atoms with E-state index in [0.717, 1.165) is 25.7 Å². The summed E-state index contributed by atoms with van der Waals surface area (Å²) in [5.41, 5.74) is 0.482. The molecular weight excluding hydrogens is 382 g/mol. The number of ether oxygens (including phenoxy) is 1. The lowest BCUT2D eigenvalue weighted by atomic mass is 9.95. The monoisotopic (exact) mass is 407 g/mol. The highest BCUT2D eigenvalue weighted by Crippen LogP contribution is 2.22. The summed E-state index contributed by atoms with van der Waals surface area (Å²) < 4.78 is 31.6. The predicted octanol–water partition coefficient (Wildman–Crippen LogP) is 1.50. The van der Waals surface area contributed by atoms with Crippen LogP contribution in [0.2, 0.25) is 0 Å². The van der Waals surface area contributed by atoms with Crippen molar-refractivity contribution < 1.29 is 22.7 Å². The number of benzene rings is 1. The minimum absolute atomic E-state index is 0.0472. The number of rotatable bonds is 6. The van der Waals surface area contributed by atoms with Crippen molar-refractivity contribution in [3.8, 4) is 0 Å². The summed E-state index contributed by atoms with van der Waals surface area (Å²) in [6.07, 6.45) is 4.41. The van der Waals surface area contributed by atoms with Gasteiger partial charge in [0, 0.05) is 11.6 Å². The largest absolute Gasteiger partial charge is 0.452 e. The molecule has 1 aliphatic heterocycles. The Morgan fingerprint density at radius 2 is 1.96 bits per heavy atom. The molecule has 0 spiro atoms. The fourth-order valence-corrected chi connectivity index (χ4v) is 4.64. The number of carbonyl (C=O) groups excluding carboxylic acids is 2. The van der Waals surface area contributed by atoms with Crippen LogP contribution in [0, 0.1) is 0 Å². The quantitative estimate of drug-likeness (QED) is 0.694. The summed E-state index contributed by atoms with van der Waals surface area (Å²) in [5, 5.41) is 2.92. The standard InChI is InChI=1S/C19H25N3O5S/c1-13(19(24)21-14-7-3-2-4-8-14)27-17(23)11-12-20-18-15-9-5-6-10-16(15)28(25,26)22-18/h5-6,9-10,13-14H,2-4,7-8,11-12H2,1H3,(H,20,22)(H,21,24)/t13-/m1/s1. The third kappa shape index (κ3) is 4.89. The van der Waals surface area contributed by atoms with Crippen molar-refractivity contribution in [3.63, 3.8) is 0 Å². The second-order valence-electron chi connectivity index (χ2n) is 7.06. The number of nitrogens with zero attached hydrogens (tertiary/aromatic N) is 1. The van der Waals surface area contributed by atoms with E-state index >= 15 is 0 Å². The topological polar surface area (TPSA) is 114 Å². The van der Waals surface area contributed by atoms with Gasteiger partial charge < -0.3 is 10.1 Å². The van der Waals surface area contributed by atoms with Crippen molar-refractivity contribution in [2.24, 2.45) is 4.99 Å². The molecule has 3 rings (SSSR count). The van der Waals surface area contributed by atoms with E-state index in [1.165, 1.54) is 12.5 Å². The molecule has 1 aromatic carbocycles. The van der Waals surface area contributed by atoms with Crippen LogP contribution in [0.3, 0.4) is 0 Å². The van der Waals surface area contributed by atoms with Gasteiger partial charge in [-0.25, -0.2) is 8.42 Å². The van der Waals surface area contributed by atoms with Gasteiger partial charge in [-0.2, -0.15) is 0 Å². The number of hydrogen-bond acceptors (Lipinski definition) is 6. The van der Waals surface area contributed by atoms with E-state index in [-0.39, 0.29) is 35.6 Å². The highest BCUT2D eigenvalue weighted by molar-refractivity contribution is 7.90. The zero-order valence-electron chi connectivity index (χ0n) is 15.8. The molecule has 1 amide bonds. The molecule has 2 N–H and O–H groups in total. The number of amidine groups is 1. The van der Waals surface area contributed by atoms with Crippen molar-refractivity contribution in [3.05, 3.63) is 29.8 Å². The third-order valence-corrected chi connectivity index (χ3v) is 6.27. The molecule has 1 fully saturated rings. The Bertz CT molecular complexity index is 875. The third-order valence-electron chi connectivity index (χ3n) is 4.88. The Labute approximate surface area is 164 Å². The SMILES string of the molecule is C[C@@H](OC(=O)CCN=C1NS(=O)(=O)c2ccccc21)C(=O)NC1CCCCC1. The highest BCUT2D eigenvalue weighted by Gasteiger charge is 2.30. The maximum atomic E-state index is 12.1. The molecule has 1 saturated carbocycles. The highest BCUT2D eigenvalue weighted by atomic mass is 32.2. The van der Waals surface area contributed by atoms with Crippen LogP contribution < -0.4 is 10.0 Å². The van der Waals surface area contributed by atoms with E-state index < -0.39 is 22.1 Å². The summed E-state index contributed by atoms with van der Waals surface area (Å²) in [4.78, 5) is 28.5. The zero-order valence-corrected chi connectivity index (χ0v) is 16.6. The fourth-order valence-electron chi connectivity index (χ4n) is 3.39. The Morgan fingerprint density at radius 1 is 1.25 bits per heavy atom. The summed E-state index contributed by atoms with van der Waals surface area (Å²) in [7, 11) is -3.60. The van der Waals surface area contributed by atoms with Crippen LogP contribution in [0.15, 0.2) is 34.2 Å². The summed E-state index contributed by atoms with van der Waals surface area (Å²) in [6.45, 7) is 1.60. The summed E-state index contributed by atoms with van der Waals surface area (Å²) in [6, 6.07) is 6.67. The smallest absolute Gasteiger partial charge is 0.308 e. The molecule has 8 nitrogen and oxygen atoms in total. The van der Waals surface area contributed by atoms with E-state index in [4.69, 9.17) is 4.74 Å². The van der Waals surface area contributed by atoms with Crippen LogP contribution in [0.25, 0.3) is 0 Å². The van der Waals surface area contributed by atoms with Crippen LogP contribution in [0.4, 0.5) is 0 Å². The maximum absolute atomic E-state index is 12.1. The lowest BCUT2D eigenvalue weighted by Crippen LogP contribution is -2.42. The van der Waals surface area contributed by atoms with Crippen LogP contribution >= 0.6 is 0 Å². The Kier molecular flexibility index (Phi) is 6.33. The molecule has 9 heteroatoms. The van der Waals surface area contributed by atoms with Crippen LogP contribution in [-0.4, -0.2) is 44.8 Å². The second-order valence-corrected chi connectivity index (χ2v) is 8.71. The number of carbonyl (C=O) groups is 2. The molecule has 28 heavy (non-hydrogen) atoms. The number of fused-ring (bicyclic) bond motifs is 1. The van der Waals surface area contributed by atoms with Crippen LogP contribution in [0.5, 0.6) is 0 Å². The van der Waals surface area contributed by atoms with E-state index in [1.54, 1.807) is 25.1 Å². The van der Waals surface area contributed by atoms with Gasteiger partial charge in [0.15, 0.2) is 6.10 Å². The number of sulfonamides is 1. The second kappa shape index (κ2) is 8.72. The van der Waals surface area contributed by atoms with Crippen LogP contribution in [-0.2, 0) is 24.3 Å². The molecule has 1 heterocycles. The molecule has 152 valence electrons. The minimum Gasteiger partial charge on any atom is -0.452 e. The predicted molar refractivity (Wildman–Crippen MR) is 103 cm³/mol. The van der Waals surface area contributed by atoms with Gasteiger partial charge in [-0.05, 0) is 31.9 Å². The first-order valence-corrected chi connectivity index (χ1v) is 11.0. The van der Waals surface area contributed by atoms with Gasteiger partial charge in [0.25, 0.3) is 15.9 Å². The number of aliphatic imine (C=N–C) groups is 1. The average molecular weight is 407 g/mol. The molecule has 0 unspecified atom stereocenters. The molecule has 0 saturated heterocycles. The summed E-state index contributed by atoms with van der Waals surface area (Å²) >= 11 is 0. The van der Waals surface area contributed by atoms with Gasteiger partial charge in [-0.3, -0.25) is 19.3 Å². The molecule has 1 aromatic rings. The van der Waals surface area contributed by atoms with Crippen molar-refractivity contribution in [1.29, 1.82) is 0 Å². The molecular formula is C19H25N3O5S.